The van der Waals surface area contributed by atoms with Crippen molar-refractivity contribution in [2.75, 3.05) is 12.9 Å². The third kappa shape index (κ3) is 4.17. The van der Waals surface area contributed by atoms with E-state index in [1.807, 2.05) is 0 Å². The van der Waals surface area contributed by atoms with Crippen molar-refractivity contribution < 1.29 is 26.7 Å². The number of thioether (sulfide) groups is 1. The van der Waals surface area contributed by atoms with Gasteiger partial charge in [0.15, 0.2) is 0 Å². The maximum atomic E-state index is 12.3. The largest absolute Gasteiger partial charge is 0.469 e. The van der Waals surface area contributed by atoms with Gasteiger partial charge in [0.05, 0.1) is 17.9 Å². The first kappa shape index (κ1) is 16.9. The molecule has 0 spiro atoms. The van der Waals surface area contributed by atoms with E-state index < -0.39 is 20.5 Å². The molecule has 0 N–H and O–H groups in total. The third-order valence-corrected chi connectivity index (χ3v) is 5.16. The molecule has 0 aromatic heterocycles. The Hall–Kier alpha value is -1.15. The van der Waals surface area contributed by atoms with Gasteiger partial charge in [-0.3, -0.25) is 4.79 Å². The molecule has 0 aliphatic carbocycles. The summed E-state index contributed by atoms with van der Waals surface area (Å²) in [5.74, 6) is -3.63. The highest BCUT2D eigenvalue weighted by atomic mass is 32.2. The molecule has 0 amide bonds. The Labute approximate surface area is 120 Å². The van der Waals surface area contributed by atoms with E-state index >= 15 is 0 Å². The smallest absolute Gasteiger partial charge is 0.341 e. The minimum atomic E-state index is -4.56. The summed E-state index contributed by atoms with van der Waals surface area (Å²) in [6.07, 6.45) is 0. The molecular formula is C12H14F2O4S2. The minimum Gasteiger partial charge on any atom is -0.469 e. The van der Waals surface area contributed by atoms with E-state index in [0.717, 1.165) is 12.1 Å². The molecule has 0 bridgehead atoms. The molecule has 0 heterocycles. The van der Waals surface area contributed by atoms with Crippen molar-refractivity contribution in [1.82, 2.24) is 0 Å². The third-order valence-electron chi connectivity index (χ3n) is 2.49. The molecule has 112 valence electrons. The van der Waals surface area contributed by atoms with Crippen LogP contribution in [-0.4, -0.2) is 33.0 Å². The molecule has 0 fully saturated rings. The highest BCUT2D eigenvalue weighted by molar-refractivity contribution is 7.99. The number of carbonyl (C=O) groups excluding carboxylic acids is 1. The summed E-state index contributed by atoms with van der Waals surface area (Å²) >= 11 is 1.32. The topological polar surface area (TPSA) is 60.4 Å². The second-order valence-electron chi connectivity index (χ2n) is 4.01. The Morgan fingerprint density at radius 1 is 1.30 bits per heavy atom. The molecule has 20 heavy (non-hydrogen) atoms. The van der Waals surface area contributed by atoms with E-state index in [1.54, 1.807) is 6.92 Å². The molecule has 8 heteroatoms. The molecule has 0 saturated heterocycles. The molecule has 1 aromatic rings. The first-order valence-electron chi connectivity index (χ1n) is 5.61. The van der Waals surface area contributed by atoms with Gasteiger partial charge in [-0.15, -0.1) is 11.8 Å². The van der Waals surface area contributed by atoms with Gasteiger partial charge < -0.3 is 4.74 Å². The fraction of sp³-hybridized carbons (Fsp3) is 0.417. The van der Waals surface area contributed by atoms with Gasteiger partial charge in [0.2, 0.25) is 9.84 Å². The van der Waals surface area contributed by atoms with Crippen LogP contribution in [0.2, 0.25) is 0 Å². The van der Waals surface area contributed by atoms with E-state index in [4.69, 9.17) is 0 Å². The SMILES string of the molecule is COC(=O)C(C)CSc1ccc(S(=O)(=O)C(F)F)cc1. The molecule has 1 aromatic carbocycles. The predicted molar refractivity (Wildman–Crippen MR) is 71.5 cm³/mol. The molecule has 1 atom stereocenters. The zero-order valence-electron chi connectivity index (χ0n) is 10.9. The van der Waals surface area contributed by atoms with Gasteiger partial charge in [0, 0.05) is 10.6 Å². The molecule has 0 saturated carbocycles. The molecule has 4 nitrogen and oxygen atoms in total. The Morgan fingerprint density at radius 2 is 1.85 bits per heavy atom. The lowest BCUT2D eigenvalue weighted by Crippen LogP contribution is -2.14. The van der Waals surface area contributed by atoms with Gasteiger partial charge in [0.25, 0.3) is 0 Å². The van der Waals surface area contributed by atoms with Crippen LogP contribution in [0.1, 0.15) is 6.92 Å². The Morgan fingerprint density at radius 3 is 2.30 bits per heavy atom. The van der Waals surface area contributed by atoms with Crippen molar-refractivity contribution in [3.05, 3.63) is 24.3 Å². The Bertz CT molecular complexity index is 555. The van der Waals surface area contributed by atoms with Crippen LogP contribution in [-0.2, 0) is 19.4 Å². The molecule has 0 radical (unpaired) electrons. The van der Waals surface area contributed by atoms with Crippen molar-refractivity contribution in [3.63, 3.8) is 0 Å². The lowest BCUT2D eigenvalue weighted by atomic mass is 10.2. The second kappa shape index (κ2) is 7.03. The van der Waals surface area contributed by atoms with Crippen molar-refractivity contribution in [1.29, 1.82) is 0 Å². The van der Waals surface area contributed by atoms with Crippen LogP contribution in [0.25, 0.3) is 0 Å². The van der Waals surface area contributed by atoms with Crippen LogP contribution in [0.15, 0.2) is 34.1 Å². The summed E-state index contributed by atoms with van der Waals surface area (Å²) in [5.41, 5.74) is 0. The normalized spacial score (nSPS) is 13.2. The number of methoxy groups -OCH3 is 1. The quantitative estimate of drug-likeness (QED) is 0.594. The predicted octanol–water partition coefficient (Wildman–Crippen LogP) is 2.58. The standard InChI is InChI=1S/C12H14F2O4S2/c1-8(11(15)18-2)7-19-9-3-5-10(6-4-9)20(16,17)12(13)14/h3-6,8,12H,7H2,1-2H3. The van der Waals surface area contributed by atoms with E-state index in [-0.39, 0.29) is 11.9 Å². The zero-order valence-corrected chi connectivity index (χ0v) is 12.5. The highest BCUT2D eigenvalue weighted by Crippen LogP contribution is 2.24. The maximum Gasteiger partial charge on any atom is 0.341 e. The lowest BCUT2D eigenvalue weighted by molar-refractivity contribution is -0.143. The summed E-state index contributed by atoms with van der Waals surface area (Å²) in [5, 5.41) is 0. The molecule has 1 unspecified atom stereocenters. The van der Waals surface area contributed by atoms with Crippen LogP contribution in [0.4, 0.5) is 8.78 Å². The summed E-state index contributed by atoms with van der Waals surface area (Å²) in [4.78, 5) is 11.5. The number of carbonyl (C=O) groups is 1. The van der Waals surface area contributed by atoms with Crippen molar-refractivity contribution in [2.45, 2.75) is 22.5 Å². The monoisotopic (exact) mass is 324 g/mol. The van der Waals surface area contributed by atoms with Crippen LogP contribution in [0.3, 0.4) is 0 Å². The number of hydrogen-bond donors (Lipinski definition) is 0. The van der Waals surface area contributed by atoms with Gasteiger partial charge in [-0.2, -0.15) is 8.78 Å². The number of esters is 1. The Balaban J connectivity index is 2.71. The molecule has 0 aliphatic rings. The molecule has 1 rings (SSSR count). The van der Waals surface area contributed by atoms with Crippen molar-refractivity contribution in [3.8, 4) is 0 Å². The average Bonchev–Trinajstić information content (AvgIpc) is 2.44. The van der Waals surface area contributed by atoms with Gasteiger partial charge in [0.1, 0.15) is 0 Å². The minimum absolute atomic E-state index is 0.311. The maximum absolute atomic E-state index is 12.3. The number of benzene rings is 1. The van der Waals surface area contributed by atoms with E-state index in [9.17, 15) is 22.0 Å². The van der Waals surface area contributed by atoms with Gasteiger partial charge in [-0.1, -0.05) is 6.92 Å². The summed E-state index contributed by atoms with van der Waals surface area (Å²) < 4.78 is 51.7. The number of rotatable bonds is 6. The van der Waals surface area contributed by atoms with Crippen LogP contribution in [0, 0.1) is 5.92 Å². The van der Waals surface area contributed by atoms with Crippen LogP contribution < -0.4 is 0 Å². The Kier molecular flexibility index (Phi) is 5.94. The average molecular weight is 324 g/mol. The second-order valence-corrected chi connectivity index (χ2v) is 7.02. The number of hydrogen-bond acceptors (Lipinski definition) is 5. The zero-order chi connectivity index (χ0) is 15.3. The lowest BCUT2D eigenvalue weighted by Gasteiger charge is -2.09. The van der Waals surface area contributed by atoms with Gasteiger partial charge in [-0.05, 0) is 24.3 Å². The van der Waals surface area contributed by atoms with Gasteiger partial charge in [-0.25, -0.2) is 8.42 Å². The summed E-state index contributed by atoms with van der Waals surface area (Å²) in [7, 11) is -3.26. The fourth-order valence-corrected chi connectivity index (χ4v) is 2.95. The number of halogens is 2. The van der Waals surface area contributed by atoms with Crippen LogP contribution >= 0.6 is 11.8 Å². The van der Waals surface area contributed by atoms with E-state index in [0.29, 0.717) is 10.6 Å². The van der Waals surface area contributed by atoms with E-state index in [2.05, 4.69) is 4.74 Å². The first-order valence-corrected chi connectivity index (χ1v) is 8.15. The highest BCUT2D eigenvalue weighted by Gasteiger charge is 2.26. The molecular weight excluding hydrogens is 310 g/mol. The van der Waals surface area contributed by atoms with Crippen molar-refractivity contribution in [2.24, 2.45) is 5.92 Å². The fourth-order valence-electron chi connectivity index (χ4n) is 1.32. The summed E-state index contributed by atoms with van der Waals surface area (Å²) in [6, 6.07) is 5.13. The molecule has 0 aliphatic heterocycles. The summed E-state index contributed by atoms with van der Waals surface area (Å²) in [6.45, 7) is 1.70. The number of ether oxygens (including phenoxy) is 1. The van der Waals surface area contributed by atoms with Crippen LogP contribution in [0.5, 0.6) is 0 Å². The van der Waals surface area contributed by atoms with Crippen molar-refractivity contribution >= 4 is 27.6 Å². The number of sulfone groups is 1. The number of alkyl halides is 2. The first-order chi connectivity index (χ1) is 9.28. The van der Waals surface area contributed by atoms with Gasteiger partial charge >= 0.3 is 11.7 Å². The van der Waals surface area contributed by atoms with E-state index in [1.165, 1.54) is 31.0 Å².